The van der Waals surface area contributed by atoms with E-state index in [9.17, 15) is 9.59 Å². The number of ether oxygens (including phenoxy) is 1. The molecule has 0 radical (unpaired) electrons. The van der Waals surface area contributed by atoms with Gasteiger partial charge < -0.3 is 15.0 Å². The molecular weight excluding hydrogens is 292 g/mol. The van der Waals surface area contributed by atoms with Gasteiger partial charge in [-0.2, -0.15) is 0 Å². The lowest BCUT2D eigenvalue weighted by atomic mass is 10.0. The van der Waals surface area contributed by atoms with E-state index in [1.807, 2.05) is 13.0 Å². The molecule has 1 N–H and O–H groups in total. The second-order valence-corrected chi connectivity index (χ2v) is 6.38. The van der Waals surface area contributed by atoms with Crippen LogP contribution in [0.15, 0.2) is 18.2 Å². The highest BCUT2D eigenvalue weighted by atomic mass is 16.5. The van der Waals surface area contributed by atoms with E-state index in [4.69, 9.17) is 4.74 Å². The summed E-state index contributed by atoms with van der Waals surface area (Å²) in [6, 6.07) is 6.09. The van der Waals surface area contributed by atoms with Crippen LogP contribution in [0.3, 0.4) is 0 Å². The van der Waals surface area contributed by atoms with Crippen LogP contribution in [0.1, 0.15) is 44.2 Å². The minimum absolute atomic E-state index is 0.00495. The van der Waals surface area contributed by atoms with Gasteiger partial charge in [-0.3, -0.25) is 9.59 Å². The van der Waals surface area contributed by atoms with Crippen molar-refractivity contribution in [3.8, 4) is 5.75 Å². The highest BCUT2D eigenvalue weighted by Crippen LogP contribution is 2.28. The second-order valence-electron chi connectivity index (χ2n) is 6.38. The number of rotatable bonds is 4. The van der Waals surface area contributed by atoms with Crippen LogP contribution >= 0.6 is 0 Å². The molecule has 1 aromatic rings. The van der Waals surface area contributed by atoms with E-state index in [2.05, 4.69) is 31.3 Å². The number of hydrogen-bond donors (Lipinski definition) is 1. The average Bonchev–Trinajstić information content (AvgIpc) is 2.71. The van der Waals surface area contributed by atoms with Crippen molar-refractivity contribution in [3.05, 3.63) is 29.3 Å². The van der Waals surface area contributed by atoms with Gasteiger partial charge in [0.1, 0.15) is 5.75 Å². The maximum Gasteiger partial charge on any atom is 0.263 e. The Balaban J connectivity index is 2.09. The second kappa shape index (κ2) is 7.49. The number of carbonyl (C=O) groups is 2. The molecule has 0 aromatic heterocycles. The number of hydrogen-bond acceptors (Lipinski definition) is 3. The summed E-state index contributed by atoms with van der Waals surface area (Å²) < 4.78 is 5.97. The zero-order valence-electron chi connectivity index (χ0n) is 14.4. The predicted molar refractivity (Wildman–Crippen MR) is 89.6 cm³/mol. The van der Waals surface area contributed by atoms with Crippen molar-refractivity contribution in [3.63, 3.8) is 0 Å². The van der Waals surface area contributed by atoms with Crippen LogP contribution in [0.5, 0.6) is 5.75 Å². The summed E-state index contributed by atoms with van der Waals surface area (Å²) in [7, 11) is 0. The summed E-state index contributed by atoms with van der Waals surface area (Å²) in [5, 5.41) is 2.78. The summed E-state index contributed by atoms with van der Waals surface area (Å²) in [6.45, 7) is 9.47. The first kappa shape index (κ1) is 17.3. The van der Waals surface area contributed by atoms with E-state index >= 15 is 0 Å². The fourth-order valence-corrected chi connectivity index (χ4v) is 2.71. The van der Waals surface area contributed by atoms with Gasteiger partial charge in [0.2, 0.25) is 5.91 Å². The summed E-state index contributed by atoms with van der Waals surface area (Å²) in [4.78, 5) is 25.7. The molecule has 5 nitrogen and oxygen atoms in total. The van der Waals surface area contributed by atoms with Gasteiger partial charge in [-0.15, -0.1) is 0 Å². The molecule has 1 fully saturated rings. The molecule has 5 heteroatoms. The third-order valence-electron chi connectivity index (χ3n) is 4.07. The minimum Gasteiger partial charge on any atom is -0.481 e. The van der Waals surface area contributed by atoms with Crippen molar-refractivity contribution in [2.24, 2.45) is 0 Å². The first-order valence-corrected chi connectivity index (χ1v) is 8.21. The van der Waals surface area contributed by atoms with Crippen LogP contribution in [-0.4, -0.2) is 42.5 Å². The Hall–Kier alpha value is -2.04. The van der Waals surface area contributed by atoms with Crippen molar-refractivity contribution in [1.82, 2.24) is 10.2 Å². The third-order valence-corrected chi connectivity index (χ3v) is 4.07. The van der Waals surface area contributed by atoms with E-state index in [0.717, 1.165) is 16.9 Å². The van der Waals surface area contributed by atoms with Crippen LogP contribution in [0.2, 0.25) is 0 Å². The van der Waals surface area contributed by atoms with Crippen molar-refractivity contribution in [2.75, 3.05) is 19.6 Å². The van der Waals surface area contributed by atoms with Crippen LogP contribution < -0.4 is 10.1 Å². The standard InChI is InChI=1S/C18H26N2O3/c1-12(2)15-6-5-13(3)11-16(15)23-14(4)18(22)20-9-7-17(21)19-8-10-20/h5-6,11-12,14H,7-10H2,1-4H3,(H,19,21). The van der Waals surface area contributed by atoms with E-state index in [-0.39, 0.29) is 11.8 Å². The van der Waals surface area contributed by atoms with Crippen molar-refractivity contribution in [1.29, 1.82) is 0 Å². The van der Waals surface area contributed by atoms with Gasteiger partial charge in [0.15, 0.2) is 6.10 Å². The van der Waals surface area contributed by atoms with E-state index < -0.39 is 6.10 Å². The number of nitrogens with one attached hydrogen (secondary N) is 1. The van der Waals surface area contributed by atoms with Gasteiger partial charge in [-0.1, -0.05) is 26.0 Å². The molecule has 1 atom stereocenters. The van der Waals surface area contributed by atoms with E-state index in [1.165, 1.54) is 0 Å². The predicted octanol–water partition coefficient (Wildman–Crippen LogP) is 2.23. The fraction of sp³-hybridized carbons (Fsp3) is 0.556. The molecule has 1 heterocycles. The number of amides is 2. The Bertz CT molecular complexity index is 584. The lowest BCUT2D eigenvalue weighted by molar-refractivity contribution is -0.137. The SMILES string of the molecule is Cc1ccc(C(C)C)c(OC(C)C(=O)N2CCNC(=O)CC2)c1. The van der Waals surface area contributed by atoms with Crippen LogP contribution in [0, 0.1) is 6.92 Å². The molecule has 1 unspecified atom stereocenters. The maximum atomic E-state index is 12.6. The summed E-state index contributed by atoms with van der Waals surface area (Å²) in [5.74, 6) is 1.02. The summed E-state index contributed by atoms with van der Waals surface area (Å²) >= 11 is 0. The minimum atomic E-state index is -0.567. The largest absolute Gasteiger partial charge is 0.481 e. The van der Waals surface area contributed by atoms with Gasteiger partial charge in [0.05, 0.1) is 0 Å². The average molecular weight is 318 g/mol. The highest BCUT2D eigenvalue weighted by molar-refractivity contribution is 5.83. The van der Waals surface area contributed by atoms with Crippen molar-refractivity contribution in [2.45, 2.75) is 46.1 Å². The zero-order chi connectivity index (χ0) is 17.0. The van der Waals surface area contributed by atoms with Gasteiger partial charge in [0.25, 0.3) is 5.91 Å². The Kier molecular flexibility index (Phi) is 5.64. The van der Waals surface area contributed by atoms with Crippen LogP contribution in [0.25, 0.3) is 0 Å². The number of aryl methyl sites for hydroxylation is 1. The summed E-state index contributed by atoms with van der Waals surface area (Å²) in [6.07, 6.45) is -0.220. The Labute approximate surface area is 138 Å². The highest BCUT2D eigenvalue weighted by Gasteiger charge is 2.25. The van der Waals surface area contributed by atoms with Gasteiger partial charge in [0, 0.05) is 26.1 Å². The number of benzene rings is 1. The lowest BCUT2D eigenvalue weighted by Gasteiger charge is -2.25. The van der Waals surface area contributed by atoms with E-state index in [1.54, 1.807) is 11.8 Å². The molecule has 0 aliphatic carbocycles. The van der Waals surface area contributed by atoms with Crippen molar-refractivity contribution < 1.29 is 14.3 Å². The first-order valence-electron chi connectivity index (χ1n) is 8.21. The van der Waals surface area contributed by atoms with Crippen LogP contribution in [0.4, 0.5) is 0 Å². The Morgan fingerprint density at radius 1 is 1.26 bits per heavy atom. The van der Waals surface area contributed by atoms with Crippen LogP contribution in [-0.2, 0) is 9.59 Å². The molecule has 1 aliphatic rings. The molecule has 0 saturated carbocycles. The molecule has 23 heavy (non-hydrogen) atoms. The smallest absolute Gasteiger partial charge is 0.263 e. The molecule has 1 aliphatic heterocycles. The molecule has 0 spiro atoms. The monoisotopic (exact) mass is 318 g/mol. The molecule has 2 rings (SSSR count). The van der Waals surface area contributed by atoms with Crippen molar-refractivity contribution >= 4 is 11.8 Å². The van der Waals surface area contributed by atoms with Gasteiger partial charge in [-0.25, -0.2) is 0 Å². The quantitative estimate of drug-likeness (QED) is 0.926. The molecular formula is C18H26N2O3. The topological polar surface area (TPSA) is 58.6 Å². The summed E-state index contributed by atoms with van der Waals surface area (Å²) in [5.41, 5.74) is 2.21. The normalized spacial score (nSPS) is 16.7. The van der Waals surface area contributed by atoms with Gasteiger partial charge in [-0.05, 0) is 37.0 Å². The molecule has 1 aromatic carbocycles. The molecule has 2 amide bonds. The maximum absolute atomic E-state index is 12.6. The lowest BCUT2D eigenvalue weighted by Crippen LogP contribution is -2.42. The third kappa shape index (κ3) is 4.47. The zero-order valence-corrected chi connectivity index (χ0v) is 14.4. The Morgan fingerprint density at radius 3 is 2.70 bits per heavy atom. The Morgan fingerprint density at radius 2 is 2.00 bits per heavy atom. The first-order chi connectivity index (χ1) is 10.9. The number of nitrogens with zero attached hydrogens (tertiary/aromatic N) is 1. The number of carbonyl (C=O) groups excluding carboxylic acids is 2. The van der Waals surface area contributed by atoms with E-state index in [0.29, 0.717) is 32.0 Å². The molecule has 0 bridgehead atoms. The molecule has 1 saturated heterocycles. The fourth-order valence-electron chi connectivity index (χ4n) is 2.71. The van der Waals surface area contributed by atoms with Gasteiger partial charge >= 0.3 is 0 Å². The molecule has 126 valence electrons.